The van der Waals surface area contributed by atoms with Crippen LogP contribution in [0.2, 0.25) is 0 Å². The summed E-state index contributed by atoms with van der Waals surface area (Å²) < 4.78 is 5.58. The van der Waals surface area contributed by atoms with Crippen LogP contribution in [0.15, 0.2) is 4.99 Å². The molecule has 2 amide bonds. The van der Waals surface area contributed by atoms with Gasteiger partial charge in [-0.1, -0.05) is 0 Å². The fourth-order valence-corrected chi connectivity index (χ4v) is 2.47. The molecule has 8 heteroatoms. The third kappa shape index (κ3) is 7.78. The van der Waals surface area contributed by atoms with Gasteiger partial charge in [0, 0.05) is 52.7 Å². The molecule has 1 aliphatic heterocycles. The number of hydrogen-bond acceptors (Lipinski definition) is 4. The predicted molar refractivity (Wildman–Crippen MR) is 104 cm³/mol. The van der Waals surface area contributed by atoms with E-state index in [1.165, 1.54) is 17.7 Å². The minimum atomic E-state index is -0.0705. The number of guanidine groups is 1. The van der Waals surface area contributed by atoms with Crippen LogP contribution in [0.1, 0.15) is 38.5 Å². The summed E-state index contributed by atoms with van der Waals surface area (Å²) in [6, 6.07) is 0. The number of rotatable bonds is 9. The van der Waals surface area contributed by atoms with E-state index in [-0.39, 0.29) is 35.8 Å². The maximum atomic E-state index is 11.7. The largest absolute Gasteiger partial charge is 0.381 e. The molecule has 138 valence electrons. The second kappa shape index (κ2) is 11.6. The molecular formula is C16H29IN4O3. The van der Waals surface area contributed by atoms with Gasteiger partial charge < -0.3 is 15.4 Å². The third-order valence-corrected chi connectivity index (χ3v) is 4.04. The Labute approximate surface area is 161 Å². The maximum absolute atomic E-state index is 11.7. The van der Waals surface area contributed by atoms with Crippen molar-refractivity contribution in [2.24, 2.45) is 10.9 Å². The molecular weight excluding hydrogens is 423 g/mol. The summed E-state index contributed by atoms with van der Waals surface area (Å²) in [7, 11) is 1.70. The zero-order chi connectivity index (χ0) is 16.5. The van der Waals surface area contributed by atoms with E-state index in [1.54, 1.807) is 7.05 Å². The lowest BCUT2D eigenvalue weighted by Crippen LogP contribution is -2.46. The minimum absolute atomic E-state index is 0. The Kier molecular flexibility index (Phi) is 10.2. The Bertz CT molecular complexity index is 425. The van der Waals surface area contributed by atoms with Gasteiger partial charge in [0.2, 0.25) is 11.8 Å². The van der Waals surface area contributed by atoms with Gasteiger partial charge in [-0.05, 0) is 31.6 Å². The summed E-state index contributed by atoms with van der Waals surface area (Å²) in [5, 5.41) is 6.33. The smallest absolute Gasteiger partial charge is 0.229 e. The van der Waals surface area contributed by atoms with E-state index in [9.17, 15) is 9.59 Å². The van der Waals surface area contributed by atoms with Crippen molar-refractivity contribution in [3.63, 3.8) is 0 Å². The number of nitrogens with one attached hydrogen (secondary N) is 2. The quantitative estimate of drug-likeness (QED) is 0.180. The molecule has 1 saturated heterocycles. The molecule has 7 nitrogen and oxygen atoms in total. The summed E-state index contributed by atoms with van der Waals surface area (Å²) in [4.78, 5) is 28.9. The second-order valence-corrected chi connectivity index (χ2v) is 6.09. The van der Waals surface area contributed by atoms with Crippen molar-refractivity contribution in [1.82, 2.24) is 15.5 Å². The topological polar surface area (TPSA) is 83.0 Å². The van der Waals surface area contributed by atoms with Crippen LogP contribution in [0, 0.1) is 5.92 Å². The third-order valence-electron chi connectivity index (χ3n) is 4.04. The highest BCUT2D eigenvalue weighted by Crippen LogP contribution is 2.28. The lowest BCUT2D eigenvalue weighted by atomic mass is 10.1. The number of carbonyl (C=O) groups is 2. The number of ether oxygens (including phenoxy) is 1. The normalized spacial score (nSPS) is 18.4. The van der Waals surface area contributed by atoms with Crippen molar-refractivity contribution in [2.45, 2.75) is 38.5 Å². The van der Waals surface area contributed by atoms with Gasteiger partial charge in [-0.2, -0.15) is 0 Å². The molecule has 1 heterocycles. The van der Waals surface area contributed by atoms with Gasteiger partial charge >= 0.3 is 0 Å². The Balaban J connectivity index is 0.00000288. The van der Waals surface area contributed by atoms with Crippen LogP contribution in [0.3, 0.4) is 0 Å². The van der Waals surface area contributed by atoms with E-state index in [0.717, 1.165) is 32.1 Å². The standard InChI is InChI=1S/C16H28N4O3.HI/c1-17-16(18-8-3-11-23-12-13-6-7-13)19-9-10-20-14(21)4-2-5-15(20)22;/h13H,2-12H2,1H3,(H2,17,18,19);1H. The van der Waals surface area contributed by atoms with Gasteiger partial charge in [-0.25, -0.2) is 0 Å². The Morgan fingerprint density at radius 1 is 1.21 bits per heavy atom. The number of nitrogens with zero attached hydrogens (tertiary/aromatic N) is 2. The van der Waals surface area contributed by atoms with Gasteiger partial charge in [-0.3, -0.25) is 19.5 Å². The molecule has 1 saturated carbocycles. The molecule has 2 aliphatic rings. The van der Waals surface area contributed by atoms with E-state index in [2.05, 4.69) is 15.6 Å². The molecule has 24 heavy (non-hydrogen) atoms. The predicted octanol–water partition coefficient (Wildman–Crippen LogP) is 1.13. The molecule has 0 radical (unpaired) electrons. The minimum Gasteiger partial charge on any atom is -0.381 e. The molecule has 0 bridgehead atoms. The van der Waals surface area contributed by atoms with Gasteiger partial charge in [0.15, 0.2) is 5.96 Å². The van der Waals surface area contributed by atoms with Crippen molar-refractivity contribution in [2.75, 3.05) is 39.9 Å². The number of likely N-dealkylation sites (tertiary alicyclic amines) is 1. The summed E-state index contributed by atoms with van der Waals surface area (Å²) in [6.07, 6.45) is 5.18. The average Bonchev–Trinajstić information content (AvgIpc) is 3.35. The number of carbonyl (C=O) groups excluding carboxylic acids is 2. The molecule has 0 aromatic rings. The van der Waals surface area contributed by atoms with Crippen molar-refractivity contribution in [3.8, 4) is 0 Å². The molecule has 0 aromatic heterocycles. The van der Waals surface area contributed by atoms with Crippen molar-refractivity contribution in [1.29, 1.82) is 0 Å². The first kappa shape index (κ1) is 21.1. The Hall–Kier alpha value is -0.900. The number of aliphatic imine (C=N–C) groups is 1. The summed E-state index contributed by atoms with van der Waals surface area (Å²) in [5.41, 5.74) is 0. The van der Waals surface area contributed by atoms with Gasteiger partial charge in [0.05, 0.1) is 0 Å². The lowest BCUT2D eigenvalue weighted by molar-refractivity contribution is -0.147. The first-order chi connectivity index (χ1) is 11.2. The van der Waals surface area contributed by atoms with Crippen LogP contribution in [0.5, 0.6) is 0 Å². The number of piperidine rings is 1. The summed E-state index contributed by atoms with van der Waals surface area (Å²) in [6.45, 7) is 3.34. The number of amides is 2. The molecule has 2 N–H and O–H groups in total. The van der Waals surface area contributed by atoms with E-state index in [0.29, 0.717) is 38.3 Å². The summed E-state index contributed by atoms with van der Waals surface area (Å²) in [5.74, 6) is 1.35. The fraction of sp³-hybridized carbons (Fsp3) is 0.812. The molecule has 0 atom stereocenters. The van der Waals surface area contributed by atoms with E-state index >= 15 is 0 Å². The zero-order valence-electron chi connectivity index (χ0n) is 14.4. The van der Waals surface area contributed by atoms with E-state index in [4.69, 9.17) is 4.74 Å². The van der Waals surface area contributed by atoms with Gasteiger partial charge in [0.1, 0.15) is 0 Å². The van der Waals surface area contributed by atoms with Crippen molar-refractivity contribution in [3.05, 3.63) is 0 Å². The van der Waals surface area contributed by atoms with Crippen LogP contribution in [0.4, 0.5) is 0 Å². The van der Waals surface area contributed by atoms with Gasteiger partial charge in [-0.15, -0.1) is 24.0 Å². The Morgan fingerprint density at radius 2 is 1.88 bits per heavy atom. The van der Waals surface area contributed by atoms with Gasteiger partial charge in [0.25, 0.3) is 0 Å². The number of imide groups is 1. The van der Waals surface area contributed by atoms with E-state index < -0.39 is 0 Å². The summed E-state index contributed by atoms with van der Waals surface area (Å²) >= 11 is 0. The average molecular weight is 452 g/mol. The van der Waals surface area contributed by atoms with Crippen molar-refractivity contribution < 1.29 is 14.3 Å². The molecule has 2 fully saturated rings. The second-order valence-electron chi connectivity index (χ2n) is 6.09. The number of halogens is 1. The number of hydrogen-bond donors (Lipinski definition) is 2. The first-order valence-corrected chi connectivity index (χ1v) is 8.56. The van der Waals surface area contributed by atoms with Crippen LogP contribution in [-0.4, -0.2) is 62.6 Å². The van der Waals surface area contributed by atoms with Crippen LogP contribution >= 0.6 is 24.0 Å². The monoisotopic (exact) mass is 452 g/mol. The lowest BCUT2D eigenvalue weighted by Gasteiger charge is -2.25. The highest BCUT2D eigenvalue weighted by Gasteiger charge is 2.25. The molecule has 0 unspecified atom stereocenters. The zero-order valence-corrected chi connectivity index (χ0v) is 16.7. The SMILES string of the molecule is CN=C(NCCCOCC1CC1)NCCN1C(=O)CCCC1=O.I. The van der Waals surface area contributed by atoms with Crippen LogP contribution < -0.4 is 10.6 Å². The van der Waals surface area contributed by atoms with Crippen molar-refractivity contribution >= 4 is 41.8 Å². The maximum Gasteiger partial charge on any atom is 0.229 e. The highest BCUT2D eigenvalue weighted by molar-refractivity contribution is 14.0. The molecule has 0 spiro atoms. The molecule has 2 rings (SSSR count). The molecule has 1 aliphatic carbocycles. The van der Waals surface area contributed by atoms with Crippen LogP contribution in [-0.2, 0) is 14.3 Å². The van der Waals surface area contributed by atoms with E-state index in [1.807, 2.05) is 0 Å². The van der Waals surface area contributed by atoms with Crippen LogP contribution in [0.25, 0.3) is 0 Å². The highest BCUT2D eigenvalue weighted by atomic mass is 127. The Morgan fingerprint density at radius 3 is 2.50 bits per heavy atom. The first-order valence-electron chi connectivity index (χ1n) is 8.56. The fourth-order valence-electron chi connectivity index (χ4n) is 2.47. The molecule has 0 aromatic carbocycles.